The topological polar surface area (TPSA) is 70.1 Å². The number of rotatable bonds is 9. The van der Waals surface area contributed by atoms with Gasteiger partial charge >= 0.3 is 0 Å². The van der Waals surface area contributed by atoms with E-state index in [1.807, 2.05) is 24.3 Å². The van der Waals surface area contributed by atoms with E-state index in [0.717, 1.165) is 18.7 Å². The predicted molar refractivity (Wildman–Crippen MR) is 114 cm³/mol. The molecule has 0 saturated heterocycles. The van der Waals surface area contributed by atoms with E-state index in [9.17, 15) is 14.7 Å². The fraction of sp³-hybridized carbons (Fsp3) is 0.364. The Labute approximate surface area is 175 Å². The maximum absolute atomic E-state index is 13.2. The van der Waals surface area contributed by atoms with Crippen LogP contribution in [0.2, 0.25) is 0 Å². The number of carbonyl (C=O) groups excluding carboxylic acids is 2. The zero-order valence-electron chi connectivity index (χ0n) is 16.9. The minimum atomic E-state index is -0.650. The molecule has 0 spiro atoms. The zero-order chi connectivity index (χ0) is 21.0. The molecule has 1 aliphatic rings. The Balaban J connectivity index is 2.02. The predicted octanol–water partition coefficient (Wildman–Crippen LogP) is 3.68. The molecule has 29 heavy (non-hydrogen) atoms. The van der Waals surface area contributed by atoms with Crippen molar-refractivity contribution in [2.45, 2.75) is 19.9 Å². The van der Waals surface area contributed by atoms with Crippen LogP contribution in [-0.4, -0.2) is 59.9 Å². The van der Waals surface area contributed by atoms with Crippen LogP contribution >= 0.6 is 11.3 Å². The van der Waals surface area contributed by atoms with E-state index in [2.05, 4.69) is 18.7 Å². The average Bonchev–Trinajstić information content (AvgIpc) is 3.37. The molecule has 1 aromatic heterocycles. The first-order chi connectivity index (χ1) is 14.0. The number of hydrogen-bond donors (Lipinski definition) is 1. The second-order valence-corrected chi connectivity index (χ2v) is 7.72. The molecular weight excluding hydrogens is 388 g/mol. The van der Waals surface area contributed by atoms with E-state index in [-0.39, 0.29) is 11.4 Å². The minimum absolute atomic E-state index is 0.130. The standard InChI is InChI=1S/C22H26N2O4S/c1-4-23(5-2)11-12-24-19(15-8-6-9-16(14-15)28-3)18(21(26)22(24)27)20(25)17-10-7-13-29-17/h6-10,13-14,19,26H,4-5,11-12H2,1-3H3/t19-/m1/s1. The lowest BCUT2D eigenvalue weighted by atomic mass is 9.95. The van der Waals surface area contributed by atoms with Crippen LogP contribution in [-0.2, 0) is 4.79 Å². The Bertz CT molecular complexity index is 903. The molecule has 0 fully saturated rings. The van der Waals surface area contributed by atoms with Crippen LogP contribution in [0, 0.1) is 0 Å². The maximum Gasteiger partial charge on any atom is 0.290 e. The molecule has 0 unspecified atom stereocenters. The van der Waals surface area contributed by atoms with Crippen molar-refractivity contribution < 1.29 is 19.4 Å². The van der Waals surface area contributed by atoms with Gasteiger partial charge in [0.1, 0.15) is 5.75 Å². The van der Waals surface area contributed by atoms with E-state index in [0.29, 0.717) is 23.7 Å². The molecule has 2 heterocycles. The van der Waals surface area contributed by atoms with Gasteiger partial charge in [0.15, 0.2) is 5.76 Å². The first kappa shape index (κ1) is 21.1. The molecule has 0 aliphatic carbocycles. The molecular formula is C22H26N2O4S. The SMILES string of the molecule is CCN(CC)CCN1C(=O)C(O)=C(C(=O)c2cccs2)[C@H]1c1cccc(OC)c1. The molecule has 1 aromatic carbocycles. The maximum atomic E-state index is 13.2. The number of amides is 1. The van der Waals surface area contributed by atoms with Crippen LogP contribution < -0.4 is 4.74 Å². The molecule has 6 nitrogen and oxygen atoms in total. The highest BCUT2D eigenvalue weighted by molar-refractivity contribution is 7.12. The summed E-state index contributed by atoms with van der Waals surface area (Å²) in [4.78, 5) is 30.4. The first-order valence-corrected chi connectivity index (χ1v) is 10.6. The number of nitrogens with zero attached hydrogens (tertiary/aromatic N) is 2. The van der Waals surface area contributed by atoms with Gasteiger partial charge in [-0.3, -0.25) is 9.59 Å². The number of aliphatic hydroxyl groups excluding tert-OH is 1. The van der Waals surface area contributed by atoms with Crippen molar-refractivity contribution in [3.05, 3.63) is 63.6 Å². The third kappa shape index (κ3) is 4.21. The fourth-order valence-electron chi connectivity index (χ4n) is 3.60. The van der Waals surface area contributed by atoms with Crippen LogP contribution in [0.25, 0.3) is 0 Å². The number of ether oxygens (including phenoxy) is 1. The summed E-state index contributed by atoms with van der Waals surface area (Å²) in [6, 6.07) is 10.1. The number of likely N-dealkylation sites (N-methyl/N-ethyl adjacent to an activating group) is 1. The van der Waals surface area contributed by atoms with Crippen molar-refractivity contribution in [2.24, 2.45) is 0 Å². The smallest absolute Gasteiger partial charge is 0.290 e. The van der Waals surface area contributed by atoms with Gasteiger partial charge < -0.3 is 19.6 Å². The summed E-state index contributed by atoms with van der Waals surface area (Å²) in [6.07, 6.45) is 0. The van der Waals surface area contributed by atoms with Gasteiger partial charge in [0.2, 0.25) is 5.78 Å². The zero-order valence-corrected chi connectivity index (χ0v) is 17.7. The minimum Gasteiger partial charge on any atom is -0.503 e. The lowest BCUT2D eigenvalue weighted by Gasteiger charge is -2.29. The number of benzene rings is 1. The molecule has 3 rings (SSSR count). The lowest BCUT2D eigenvalue weighted by molar-refractivity contribution is -0.129. The average molecular weight is 415 g/mol. The van der Waals surface area contributed by atoms with Crippen molar-refractivity contribution in [2.75, 3.05) is 33.3 Å². The second kappa shape index (κ2) is 9.24. The molecule has 2 aromatic rings. The van der Waals surface area contributed by atoms with Gasteiger partial charge in [-0.2, -0.15) is 0 Å². The highest BCUT2D eigenvalue weighted by Gasteiger charge is 2.43. The van der Waals surface area contributed by atoms with E-state index in [1.54, 1.807) is 29.5 Å². The molecule has 154 valence electrons. The number of ketones is 1. The summed E-state index contributed by atoms with van der Waals surface area (Å²) in [6.45, 7) is 6.93. The highest BCUT2D eigenvalue weighted by Crippen LogP contribution is 2.40. The number of carbonyl (C=O) groups is 2. The van der Waals surface area contributed by atoms with Crippen LogP contribution in [0.3, 0.4) is 0 Å². The van der Waals surface area contributed by atoms with E-state index in [4.69, 9.17) is 4.74 Å². The van der Waals surface area contributed by atoms with Crippen LogP contribution in [0.1, 0.15) is 35.1 Å². The number of thiophene rings is 1. The van der Waals surface area contributed by atoms with E-state index in [1.165, 1.54) is 11.3 Å². The molecule has 0 radical (unpaired) electrons. The third-order valence-corrected chi connectivity index (χ3v) is 6.12. The largest absolute Gasteiger partial charge is 0.503 e. The van der Waals surface area contributed by atoms with Gasteiger partial charge in [-0.25, -0.2) is 0 Å². The second-order valence-electron chi connectivity index (χ2n) is 6.77. The summed E-state index contributed by atoms with van der Waals surface area (Å²) in [5.41, 5.74) is 0.867. The summed E-state index contributed by atoms with van der Waals surface area (Å²) in [7, 11) is 1.57. The highest BCUT2D eigenvalue weighted by atomic mass is 32.1. The molecule has 1 N–H and O–H groups in total. The van der Waals surface area contributed by atoms with Gasteiger partial charge in [-0.05, 0) is 42.2 Å². The Morgan fingerprint density at radius 2 is 2.00 bits per heavy atom. The van der Waals surface area contributed by atoms with E-state index < -0.39 is 17.7 Å². The lowest BCUT2D eigenvalue weighted by Crippen LogP contribution is -2.38. The van der Waals surface area contributed by atoms with Crippen molar-refractivity contribution in [1.29, 1.82) is 0 Å². The van der Waals surface area contributed by atoms with Crippen molar-refractivity contribution in [3.63, 3.8) is 0 Å². The van der Waals surface area contributed by atoms with Crippen molar-refractivity contribution in [3.8, 4) is 5.75 Å². The van der Waals surface area contributed by atoms with Crippen molar-refractivity contribution in [1.82, 2.24) is 9.80 Å². The van der Waals surface area contributed by atoms with Crippen LogP contribution in [0.4, 0.5) is 0 Å². The van der Waals surface area contributed by atoms with Crippen LogP contribution in [0.15, 0.2) is 53.1 Å². The van der Waals surface area contributed by atoms with Gasteiger partial charge in [-0.1, -0.05) is 32.0 Å². The summed E-state index contributed by atoms with van der Waals surface area (Å²) < 4.78 is 5.33. The molecule has 1 amide bonds. The molecule has 1 aliphatic heterocycles. The number of methoxy groups -OCH3 is 1. The molecule has 0 saturated carbocycles. The Morgan fingerprint density at radius 1 is 1.24 bits per heavy atom. The van der Waals surface area contributed by atoms with Crippen molar-refractivity contribution >= 4 is 23.0 Å². The fourth-order valence-corrected chi connectivity index (χ4v) is 4.28. The summed E-state index contributed by atoms with van der Waals surface area (Å²) in [5, 5.41) is 12.5. The number of aliphatic hydroxyl groups is 1. The molecule has 0 bridgehead atoms. The number of hydrogen-bond acceptors (Lipinski definition) is 6. The Hall–Kier alpha value is -2.64. The number of Topliss-reactive ketones (excluding diaryl/α,β-unsaturated/α-hetero) is 1. The Morgan fingerprint density at radius 3 is 2.62 bits per heavy atom. The Kier molecular flexibility index (Phi) is 6.71. The monoisotopic (exact) mass is 414 g/mol. The van der Waals surface area contributed by atoms with Gasteiger partial charge in [-0.15, -0.1) is 11.3 Å². The summed E-state index contributed by atoms with van der Waals surface area (Å²) >= 11 is 1.30. The summed E-state index contributed by atoms with van der Waals surface area (Å²) in [5.74, 6) is -0.655. The molecule has 1 atom stereocenters. The normalized spacial score (nSPS) is 16.8. The molecule has 7 heteroatoms. The van der Waals surface area contributed by atoms with E-state index >= 15 is 0 Å². The quantitative estimate of drug-likeness (QED) is 0.634. The van der Waals surface area contributed by atoms with Gasteiger partial charge in [0, 0.05) is 13.1 Å². The third-order valence-electron chi connectivity index (χ3n) is 5.25. The first-order valence-electron chi connectivity index (χ1n) is 9.70. The van der Waals surface area contributed by atoms with Gasteiger partial charge in [0.05, 0.1) is 23.6 Å². The van der Waals surface area contributed by atoms with Crippen LogP contribution in [0.5, 0.6) is 5.75 Å². The van der Waals surface area contributed by atoms with Gasteiger partial charge in [0.25, 0.3) is 5.91 Å².